The molecule has 0 unspecified atom stereocenters. The van der Waals surface area contributed by atoms with Gasteiger partial charge in [-0.1, -0.05) is 19.9 Å². The zero-order valence-electron chi connectivity index (χ0n) is 17.7. The van der Waals surface area contributed by atoms with Crippen molar-refractivity contribution in [1.82, 2.24) is 5.32 Å². The van der Waals surface area contributed by atoms with Crippen LogP contribution in [0.2, 0.25) is 0 Å². The predicted molar refractivity (Wildman–Crippen MR) is 118 cm³/mol. The number of nitrogens with one attached hydrogen (secondary N) is 1. The summed E-state index contributed by atoms with van der Waals surface area (Å²) in [6, 6.07) is 3.81. The first-order valence-corrected chi connectivity index (χ1v) is 12.0. The molecule has 1 aliphatic carbocycles. The van der Waals surface area contributed by atoms with E-state index in [0.29, 0.717) is 29.9 Å². The highest BCUT2D eigenvalue weighted by Crippen LogP contribution is 2.46. The van der Waals surface area contributed by atoms with Gasteiger partial charge in [0.15, 0.2) is 5.78 Å². The molecule has 0 spiro atoms. The molecule has 0 fully saturated rings. The third-order valence-corrected chi connectivity index (χ3v) is 7.26. The average Bonchev–Trinajstić information content (AvgIpc) is 3.24. The number of ether oxygens (including phenoxy) is 2. The van der Waals surface area contributed by atoms with E-state index in [2.05, 4.69) is 12.2 Å². The van der Waals surface area contributed by atoms with Crippen LogP contribution in [0.25, 0.3) is 0 Å². The lowest BCUT2D eigenvalue weighted by Gasteiger charge is -2.37. The van der Waals surface area contributed by atoms with Gasteiger partial charge in [0.1, 0.15) is 12.5 Å². The highest BCUT2D eigenvalue weighted by Gasteiger charge is 2.47. The standard InChI is InChI=1S/C22H27NO5S2/c1-5-29-10-8-28-22(26)17-13(3)23-14-11-12(2)16(21(25)27-4)20(24)18(14)19(17)15-7-6-9-30-15/h6-7,9,12,16,19,23H,5,8,10-11H2,1-4H3/t12-,16-,19-/m1/s1. The van der Waals surface area contributed by atoms with Crippen molar-refractivity contribution in [2.45, 2.75) is 33.1 Å². The van der Waals surface area contributed by atoms with Crippen LogP contribution in [-0.4, -0.2) is 42.9 Å². The number of carbonyl (C=O) groups is 3. The molecule has 3 rings (SSSR count). The van der Waals surface area contributed by atoms with Crippen molar-refractivity contribution in [2.75, 3.05) is 25.2 Å². The first-order chi connectivity index (χ1) is 14.4. The second-order valence-electron chi connectivity index (χ2n) is 7.38. The van der Waals surface area contributed by atoms with E-state index in [1.807, 2.05) is 31.4 Å². The van der Waals surface area contributed by atoms with Crippen LogP contribution in [0.4, 0.5) is 0 Å². The van der Waals surface area contributed by atoms with Crippen LogP contribution in [0.5, 0.6) is 0 Å². The smallest absolute Gasteiger partial charge is 0.336 e. The van der Waals surface area contributed by atoms with Crippen LogP contribution in [0, 0.1) is 11.8 Å². The van der Waals surface area contributed by atoms with Gasteiger partial charge in [0.2, 0.25) is 0 Å². The minimum Gasteiger partial charge on any atom is -0.468 e. The van der Waals surface area contributed by atoms with Crippen molar-refractivity contribution in [3.8, 4) is 0 Å². The maximum Gasteiger partial charge on any atom is 0.336 e. The number of hydrogen-bond donors (Lipinski definition) is 1. The van der Waals surface area contributed by atoms with Crippen molar-refractivity contribution in [2.24, 2.45) is 11.8 Å². The lowest BCUT2D eigenvalue weighted by atomic mass is 9.70. The van der Waals surface area contributed by atoms with Gasteiger partial charge in [0.05, 0.1) is 18.6 Å². The Labute approximate surface area is 185 Å². The van der Waals surface area contributed by atoms with Crippen LogP contribution < -0.4 is 5.32 Å². The van der Waals surface area contributed by atoms with E-state index >= 15 is 0 Å². The van der Waals surface area contributed by atoms with E-state index in [4.69, 9.17) is 9.47 Å². The summed E-state index contributed by atoms with van der Waals surface area (Å²) in [5.41, 5.74) is 2.38. The average molecular weight is 450 g/mol. The molecule has 1 aliphatic heterocycles. The Bertz CT molecular complexity index is 887. The van der Waals surface area contributed by atoms with E-state index in [9.17, 15) is 14.4 Å². The molecule has 6 nitrogen and oxygen atoms in total. The summed E-state index contributed by atoms with van der Waals surface area (Å²) in [5.74, 6) is -1.15. The lowest BCUT2D eigenvalue weighted by Crippen LogP contribution is -2.43. The number of thiophene rings is 1. The molecule has 2 heterocycles. The Kier molecular flexibility index (Phi) is 7.41. The number of rotatable bonds is 7. The Hall–Kier alpha value is -2.06. The molecule has 30 heavy (non-hydrogen) atoms. The first-order valence-electron chi connectivity index (χ1n) is 10.0. The molecule has 2 aliphatic rings. The lowest BCUT2D eigenvalue weighted by molar-refractivity contribution is -0.151. The van der Waals surface area contributed by atoms with Gasteiger partial charge in [-0.15, -0.1) is 11.3 Å². The van der Waals surface area contributed by atoms with Crippen LogP contribution in [0.3, 0.4) is 0 Å². The van der Waals surface area contributed by atoms with Gasteiger partial charge in [0, 0.05) is 27.6 Å². The van der Waals surface area contributed by atoms with Gasteiger partial charge in [-0.2, -0.15) is 11.8 Å². The molecule has 0 aromatic carbocycles. The van der Waals surface area contributed by atoms with Crippen molar-refractivity contribution in [3.63, 3.8) is 0 Å². The molecular formula is C22H27NO5S2. The molecule has 0 amide bonds. The molecule has 8 heteroatoms. The fraction of sp³-hybridized carbons (Fsp3) is 0.500. The van der Waals surface area contributed by atoms with Crippen LogP contribution in [0.15, 0.2) is 40.1 Å². The minimum atomic E-state index is -0.866. The van der Waals surface area contributed by atoms with Crippen LogP contribution >= 0.6 is 23.1 Å². The highest BCUT2D eigenvalue weighted by molar-refractivity contribution is 7.99. The predicted octanol–water partition coefficient (Wildman–Crippen LogP) is 3.66. The summed E-state index contributed by atoms with van der Waals surface area (Å²) in [5, 5.41) is 5.18. The third kappa shape index (κ3) is 4.34. The van der Waals surface area contributed by atoms with Gasteiger partial charge in [-0.05, 0) is 36.5 Å². The Morgan fingerprint density at radius 3 is 2.77 bits per heavy atom. The van der Waals surface area contributed by atoms with Crippen LogP contribution in [-0.2, 0) is 23.9 Å². The first kappa shape index (κ1) is 22.6. The van der Waals surface area contributed by atoms with E-state index in [1.165, 1.54) is 18.4 Å². The zero-order chi connectivity index (χ0) is 21.8. The molecular weight excluding hydrogens is 422 g/mol. The minimum absolute atomic E-state index is 0.187. The fourth-order valence-electron chi connectivity index (χ4n) is 4.11. The van der Waals surface area contributed by atoms with Gasteiger partial charge in [-0.25, -0.2) is 4.79 Å². The Morgan fingerprint density at radius 2 is 2.13 bits per heavy atom. The molecule has 0 saturated heterocycles. The number of Topliss-reactive ketones (excluding diaryl/α,β-unsaturated/α-hetero) is 1. The maximum absolute atomic E-state index is 13.5. The molecule has 1 aromatic heterocycles. The van der Waals surface area contributed by atoms with E-state index in [1.54, 1.807) is 11.8 Å². The van der Waals surface area contributed by atoms with Gasteiger partial charge in [-0.3, -0.25) is 9.59 Å². The molecule has 162 valence electrons. The van der Waals surface area contributed by atoms with Gasteiger partial charge >= 0.3 is 11.9 Å². The molecule has 0 radical (unpaired) electrons. The van der Waals surface area contributed by atoms with Crippen LogP contribution in [0.1, 0.15) is 38.0 Å². The van der Waals surface area contributed by atoms with Crippen molar-refractivity contribution >= 4 is 40.8 Å². The zero-order valence-corrected chi connectivity index (χ0v) is 19.3. The number of dihydropyridines is 1. The number of thioether (sulfide) groups is 1. The summed E-state index contributed by atoms with van der Waals surface area (Å²) in [6.07, 6.45) is 0.537. The van der Waals surface area contributed by atoms with Crippen molar-refractivity contribution < 1.29 is 23.9 Å². The number of carbonyl (C=O) groups excluding carboxylic acids is 3. The van der Waals surface area contributed by atoms with E-state index in [0.717, 1.165) is 22.1 Å². The molecule has 1 N–H and O–H groups in total. The number of hydrogen-bond acceptors (Lipinski definition) is 8. The quantitative estimate of drug-likeness (QED) is 0.386. The number of esters is 2. The second kappa shape index (κ2) is 9.83. The number of ketones is 1. The number of methoxy groups -OCH3 is 1. The summed E-state index contributed by atoms with van der Waals surface area (Å²) in [6.45, 7) is 6.08. The number of allylic oxidation sites excluding steroid dienone is 3. The summed E-state index contributed by atoms with van der Waals surface area (Å²) >= 11 is 3.18. The summed E-state index contributed by atoms with van der Waals surface area (Å²) in [7, 11) is 1.29. The SMILES string of the molecule is CCSCCOC(=O)C1=C(C)NC2=C(C(=O)[C@H](C(=O)OC)[C@H](C)C2)[C@@H]1c1cccs1. The van der Waals surface area contributed by atoms with E-state index < -0.39 is 23.8 Å². The Morgan fingerprint density at radius 1 is 1.37 bits per heavy atom. The van der Waals surface area contributed by atoms with E-state index in [-0.39, 0.29) is 11.7 Å². The van der Waals surface area contributed by atoms with Crippen molar-refractivity contribution in [3.05, 3.63) is 44.9 Å². The van der Waals surface area contributed by atoms with Crippen molar-refractivity contribution in [1.29, 1.82) is 0 Å². The second-order valence-corrected chi connectivity index (χ2v) is 9.76. The highest BCUT2D eigenvalue weighted by atomic mass is 32.2. The maximum atomic E-state index is 13.5. The molecule has 0 bridgehead atoms. The monoisotopic (exact) mass is 449 g/mol. The van der Waals surface area contributed by atoms with Gasteiger partial charge < -0.3 is 14.8 Å². The Balaban J connectivity index is 2.00. The normalized spacial score (nSPS) is 23.7. The molecule has 1 aromatic rings. The third-order valence-electron chi connectivity index (χ3n) is 5.46. The topological polar surface area (TPSA) is 81.7 Å². The van der Waals surface area contributed by atoms with Gasteiger partial charge in [0.25, 0.3) is 0 Å². The summed E-state index contributed by atoms with van der Waals surface area (Å²) < 4.78 is 10.4. The largest absolute Gasteiger partial charge is 0.468 e. The molecule has 3 atom stereocenters. The molecule has 0 saturated carbocycles. The summed E-state index contributed by atoms with van der Waals surface area (Å²) in [4.78, 5) is 39.8. The fourth-order valence-corrected chi connectivity index (χ4v) is 5.44.